The smallest absolute Gasteiger partial charge is 0.226 e. The number of hydrogen-bond donors (Lipinski definition) is 1. The fourth-order valence-electron chi connectivity index (χ4n) is 1.94. The Morgan fingerprint density at radius 3 is 3.17 bits per heavy atom. The average molecular weight is 248 g/mol. The van der Waals surface area contributed by atoms with Crippen molar-refractivity contribution in [1.82, 2.24) is 4.98 Å². The molecule has 1 N–H and O–H groups in total. The number of fused-ring (bicyclic) bond motifs is 1. The summed E-state index contributed by atoms with van der Waals surface area (Å²) in [6.45, 7) is 2.46. The van der Waals surface area contributed by atoms with E-state index in [9.17, 15) is 9.59 Å². The summed E-state index contributed by atoms with van der Waals surface area (Å²) in [6, 6.07) is 3.73. The van der Waals surface area contributed by atoms with Crippen LogP contribution >= 0.6 is 0 Å². The number of amides is 1. The zero-order valence-corrected chi connectivity index (χ0v) is 10.3. The average Bonchev–Trinajstić information content (AvgIpc) is 2.34. The zero-order valence-electron chi connectivity index (χ0n) is 10.3. The fourth-order valence-corrected chi connectivity index (χ4v) is 1.94. The molecule has 0 fully saturated rings. The quantitative estimate of drug-likeness (QED) is 0.638. The van der Waals surface area contributed by atoms with Gasteiger partial charge in [0.05, 0.1) is 6.61 Å². The second-order valence-corrected chi connectivity index (χ2v) is 4.40. The first-order valence-electron chi connectivity index (χ1n) is 6.08. The summed E-state index contributed by atoms with van der Waals surface area (Å²) in [7, 11) is 0. The van der Waals surface area contributed by atoms with Gasteiger partial charge in [-0.2, -0.15) is 4.98 Å². The number of nitrogens with zero attached hydrogens (tertiary/aromatic N) is 1. The minimum Gasteiger partial charge on any atom is -0.478 e. The van der Waals surface area contributed by atoms with Gasteiger partial charge in [-0.05, 0) is 24.0 Å². The van der Waals surface area contributed by atoms with Crippen molar-refractivity contribution in [2.45, 2.75) is 32.1 Å². The molecule has 0 radical (unpaired) electrons. The summed E-state index contributed by atoms with van der Waals surface area (Å²) >= 11 is 0. The number of hydrogen-bond acceptors (Lipinski definition) is 4. The summed E-state index contributed by atoms with van der Waals surface area (Å²) in [5.74, 6) is 1.24. The van der Waals surface area contributed by atoms with Crippen LogP contribution in [-0.2, 0) is 9.59 Å². The summed E-state index contributed by atoms with van der Waals surface area (Å²) in [5, 5.41) is 2.75. The molecule has 0 aromatic carbocycles. The van der Waals surface area contributed by atoms with E-state index < -0.39 is 0 Å². The largest absolute Gasteiger partial charge is 0.478 e. The molecular weight excluding hydrogens is 232 g/mol. The van der Waals surface area contributed by atoms with Gasteiger partial charge in [-0.3, -0.25) is 4.79 Å². The molecule has 2 heterocycles. The highest BCUT2D eigenvalue weighted by Crippen LogP contribution is 2.31. The van der Waals surface area contributed by atoms with E-state index in [0.717, 1.165) is 11.8 Å². The maximum atomic E-state index is 11.4. The van der Waals surface area contributed by atoms with E-state index in [1.54, 1.807) is 6.07 Å². The SMILES string of the molecule is CC1CC(=O)Nc2nc(OCCCC=O)ccc21. The van der Waals surface area contributed by atoms with Gasteiger partial charge in [0.15, 0.2) is 0 Å². The van der Waals surface area contributed by atoms with Gasteiger partial charge in [-0.25, -0.2) is 0 Å². The number of aromatic nitrogens is 1. The molecule has 2 rings (SSSR count). The first-order chi connectivity index (χ1) is 8.70. The Labute approximate surface area is 106 Å². The number of aldehydes is 1. The van der Waals surface area contributed by atoms with Crippen LogP contribution in [0.2, 0.25) is 0 Å². The van der Waals surface area contributed by atoms with Gasteiger partial charge < -0.3 is 14.8 Å². The highest BCUT2D eigenvalue weighted by Gasteiger charge is 2.22. The standard InChI is InChI=1S/C13H16N2O3/c1-9-8-11(17)14-13-10(9)4-5-12(15-13)18-7-3-2-6-16/h4-6,9H,2-3,7-8H2,1H3,(H,14,15,17). The van der Waals surface area contributed by atoms with Crippen molar-refractivity contribution in [3.63, 3.8) is 0 Å². The topological polar surface area (TPSA) is 68.3 Å². The molecule has 0 saturated carbocycles. The van der Waals surface area contributed by atoms with Crippen LogP contribution in [0.3, 0.4) is 0 Å². The molecule has 1 aliphatic heterocycles. The highest BCUT2D eigenvalue weighted by molar-refractivity contribution is 5.93. The minimum atomic E-state index is -0.0133. The molecule has 5 heteroatoms. The van der Waals surface area contributed by atoms with Crippen molar-refractivity contribution in [2.24, 2.45) is 0 Å². The van der Waals surface area contributed by atoms with E-state index in [2.05, 4.69) is 10.3 Å². The van der Waals surface area contributed by atoms with Gasteiger partial charge in [0, 0.05) is 18.9 Å². The molecule has 0 bridgehead atoms. The molecule has 18 heavy (non-hydrogen) atoms. The Balaban J connectivity index is 2.04. The Morgan fingerprint density at radius 1 is 1.56 bits per heavy atom. The number of anilines is 1. The molecule has 1 amide bonds. The van der Waals surface area contributed by atoms with Crippen molar-refractivity contribution in [1.29, 1.82) is 0 Å². The number of nitrogens with one attached hydrogen (secondary N) is 1. The van der Waals surface area contributed by atoms with Crippen molar-refractivity contribution >= 4 is 18.0 Å². The molecular formula is C13H16N2O3. The number of rotatable bonds is 5. The number of carbonyl (C=O) groups is 2. The predicted molar refractivity (Wildman–Crippen MR) is 66.7 cm³/mol. The second-order valence-electron chi connectivity index (χ2n) is 4.40. The molecule has 1 atom stereocenters. The Morgan fingerprint density at radius 2 is 2.39 bits per heavy atom. The molecule has 1 aromatic rings. The Hall–Kier alpha value is -1.91. The van der Waals surface area contributed by atoms with Crippen molar-refractivity contribution in [2.75, 3.05) is 11.9 Å². The number of carbonyl (C=O) groups excluding carboxylic acids is 2. The molecule has 5 nitrogen and oxygen atoms in total. The van der Waals surface area contributed by atoms with Crippen LogP contribution in [0.15, 0.2) is 12.1 Å². The number of pyridine rings is 1. The highest BCUT2D eigenvalue weighted by atomic mass is 16.5. The zero-order chi connectivity index (χ0) is 13.0. The predicted octanol–water partition coefficient (Wildman–Crippen LogP) is 1.89. The van der Waals surface area contributed by atoms with E-state index in [-0.39, 0.29) is 11.8 Å². The lowest BCUT2D eigenvalue weighted by molar-refractivity contribution is -0.116. The van der Waals surface area contributed by atoms with E-state index in [1.807, 2.05) is 13.0 Å². The van der Waals surface area contributed by atoms with Crippen LogP contribution in [0.5, 0.6) is 5.88 Å². The number of ether oxygens (including phenoxy) is 1. The minimum absolute atomic E-state index is 0.0133. The van der Waals surface area contributed by atoms with Crippen LogP contribution in [0.25, 0.3) is 0 Å². The van der Waals surface area contributed by atoms with Crippen LogP contribution in [0.1, 0.15) is 37.7 Å². The van der Waals surface area contributed by atoms with E-state index in [4.69, 9.17) is 4.74 Å². The van der Waals surface area contributed by atoms with Crippen molar-refractivity contribution < 1.29 is 14.3 Å². The molecule has 96 valence electrons. The van der Waals surface area contributed by atoms with Gasteiger partial charge in [-0.1, -0.05) is 6.92 Å². The van der Waals surface area contributed by atoms with Crippen LogP contribution < -0.4 is 10.1 Å². The maximum absolute atomic E-state index is 11.4. The number of unbranched alkanes of at least 4 members (excludes halogenated alkanes) is 1. The fraction of sp³-hybridized carbons (Fsp3) is 0.462. The van der Waals surface area contributed by atoms with E-state index >= 15 is 0 Å². The lowest BCUT2D eigenvalue weighted by Gasteiger charge is -2.21. The van der Waals surface area contributed by atoms with Gasteiger partial charge >= 0.3 is 0 Å². The lowest BCUT2D eigenvalue weighted by atomic mass is 9.95. The maximum Gasteiger partial charge on any atom is 0.226 e. The van der Waals surface area contributed by atoms with Gasteiger partial charge in [0.2, 0.25) is 11.8 Å². The summed E-state index contributed by atoms with van der Waals surface area (Å²) in [4.78, 5) is 25.8. The van der Waals surface area contributed by atoms with E-state index in [1.165, 1.54) is 0 Å². The molecule has 1 unspecified atom stereocenters. The Kier molecular flexibility index (Phi) is 3.92. The summed E-state index contributed by atoms with van der Waals surface area (Å²) in [5.41, 5.74) is 1.04. The Bertz CT molecular complexity index is 460. The molecule has 0 spiro atoms. The molecule has 0 saturated heterocycles. The lowest BCUT2D eigenvalue weighted by Crippen LogP contribution is -2.22. The van der Waals surface area contributed by atoms with Crippen LogP contribution in [0.4, 0.5) is 5.82 Å². The first-order valence-corrected chi connectivity index (χ1v) is 6.08. The third-order valence-electron chi connectivity index (χ3n) is 2.90. The van der Waals surface area contributed by atoms with Crippen LogP contribution in [-0.4, -0.2) is 23.8 Å². The molecule has 0 aliphatic carbocycles. The van der Waals surface area contributed by atoms with E-state index in [0.29, 0.717) is 37.6 Å². The second kappa shape index (κ2) is 5.62. The first kappa shape index (κ1) is 12.5. The summed E-state index contributed by atoms with van der Waals surface area (Å²) < 4.78 is 5.42. The van der Waals surface area contributed by atoms with Crippen molar-refractivity contribution in [3.8, 4) is 5.88 Å². The molecule has 1 aromatic heterocycles. The van der Waals surface area contributed by atoms with Crippen molar-refractivity contribution in [3.05, 3.63) is 17.7 Å². The van der Waals surface area contributed by atoms with Crippen LogP contribution in [0, 0.1) is 0 Å². The summed E-state index contributed by atoms with van der Waals surface area (Å²) in [6.07, 6.45) is 2.52. The van der Waals surface area contributed by atoms with Gasteiger partial charge in [0.25, 0.3) is 0 Å². The monoisotopic (exact) mass is 248 g/mol. The van der Waals surface area contributed by atoms with Gasteiger partial charge in [0.1, 0.15) is 12.1 Å². The third kappa shape index (κ3) is 2.85. The third-order valence-corrected chi connectivity index (χ3v) is 2.90. The normalized spacial score (nSPS) is 17.8. The van der Waals surface area contributed by atoms with Gasteiger partial charge in [-0.15, -0.1) is 0 Å². The molecule has 1 aliphatic rings.